The van der Waals surface area contributed by atoms with Gasteiger partial charge in [0.25, 0.3) is 0 Å². The van der Waals surface area contributed by atoms with Crippen LogP contribution in [0.2, 0.25) is 0 Å². The molecule has 4 rings (SSSR count). The van der Waals surface area contributed by atoms with Gasteiger partial charge in [-0.05, 0) is 48.9 Å². The van der Waals surface area contributed by atoms with E-state index in [9.17, 15) is 4.79 Å². The van der Waals surface area contributed by atoms with Crippen LogP contribution >= 0.6 is 11.3 Å². The van der Waals surface area contributed by atoms with Crippen molar-refractivity contribution in [2.24, 2.45) is 0 Å². The number of carbonyl (C=O) groups excluding carboxylic acids is 1. The third-order valence-electron chi connectivity index (χ3n) is 4.88. The lowest BCUT2D eigenvalue weighted by molar-refractivity contribution is -0.117. The van der Waals surface area contributed by atoms with Crippen molar-refractivity contribution in [3.63, 3.8) is 0 Å². The first kappa shape index (κ1) is 35.0. The van der Waals surface area contributed by atoms with Crippen LogP contribution in [0.15, 0.2) is 60.0 Å². The van der Waals surface area contributed by atoms with Crippen molar-refractivity contribution in [3.05, 3.63) is 65.5 Å². The average Bonchev–Trinajstić information content (AvgIpc) is 3.41. The Bertz CT molecular complexity index is 853. The minimum atomic E-state index is 0.287. The van der Waals surface area contributed by atoms with Gasteiger partial charge in [-0.15, -0.1) is 11.3 Å². The summed E-state index contributed by atoms with van der Waals surface area (Å²) >= 11 is 1.80. The second-order valence-electron chi connectivity index (χ2n) is 7.08. The summed E-state index contributed by atoms with van der Waals surface area (Å²) in [4.78, 5) is 15.7. The molecule has 0 N–H and O–H groups in total. The summed E-state index contributed by atoms with van der Waals surface area (Å²) in [5, 5.41) is 3.49. The molecule has 1 saturated heterocycles. The van der Waals surface area contributed by atoms with E-state index in [1.165, 1.54) is 21.3 Å². The number of hydrogen-bond acceptors (Lipinski definition) is 4. The van der Waals surface area contributed by atoms with Crippen molar-refractivity contribution < 1.29 is 4.79 Å². The highest BCUT2D eigenvalue weighted by molar-refractivity contribution is 7.17. The Hall–Kier alpha value is -2.17. The zero-order valence-corrected chi connectivity index (χ0v) is 25.0. The molecule has 4 heteroatoms. The Morgan fingerprint density at radius 3 is 1.91 bits per heavy atom. The highest BCUT2D eigenvalue weighted by atomic mass is 32.1. The Balaban J connectivity index is 0. The predicted octanol–water partition coefficient (Wildman–Crippen LogP) is 9.10. The fourth-order valence-corrected chi connectivity index (χ4v) is 4.04. The zero-order valence-electron chi connectivity index (χ0n) is 24.2. The number of rotatable bonds is 4. The van der Waals surface area contributed by atoms with Crippen molar-refractivity contribution in [1.29, 1.82) is 0 Å². The van der Waals surface area contributed by atoms with Crippen LogP contribution in [-0.4, -0.2) is 43.4 Å². The largest absolute Gasteiger partial charge is 0.369 e. The standard InChI is InChI=1S/C14H20N2O.C9H8S.4C2H6/c1-13(17)7-8-15-9-11-16(12-10-15)14-5-3-2-4-6-14;1-7-2-3-9-8(6-7)4-5-10-9;4*1-2/h2-6H,7-12H2,1H3;2-6H,1H3;4*1-2H3. The highest BCUT2D eigenvalue weighted by Crippen LogP contribution is 2.21. The number of Topliss-reactive ketones (excluding diaryl/α,β-unsaturated/α-hetero) is 1. The number of piperazine rings is 1. The van der Waals surface area contributed by atoms with Gasteiger partial charge in [-0.25, -0.2) is 0 Å². The van der Waals surface area contributed by atoms with Crippen LogP contribution in [0.25, 0.3) is 10.1 Å². The minimum absolute atomic E-state index is 0.287. The maximum absolute atomic E-state index is 10.9. The summed E-state index contributed by atoms with van der Waals surface area (Å²) in [6.45, 7) is 24.9. The molecule has 0 aliphatic carbocycles. The van der Waals surface area contributed by atoms with Crippen LogP contribution in [0.3, 0.4) is 0 Å². The Labute approximate surface area is 221 Å². The molecule has 35 heavy (non-hydrogen) atoms. The summed E-state index contributed by atoms with van der Waals surface area (Å²) in [5.41, 5.74) is 2.64. The molecule has 0 saturated carbocycles. The van der Waals surface area contributed by atoms with Gasteiger partial charge in [0, 0.05) is 49.5 Å². The van der Waals surface area contributed by atoms with Crippen molar-refractivity contribution in [2.75, 3.05) is 37.6 Å². The van der Waals surface area contributed by atoms with Crippen molar-refractivity contribution in [3.8, 4) is 0 Å². The van der Waals surface area contributed by atoms with Crippen LogP contribution in [0, 0.1) is 6.92 Å². The fourth-order valence-electron chi connectivity index (χ4n) is 3.27. The number of fused-ring (bicyclic) bond motifs is 1. The normalized spacial score (nSPS) is 12.0. The third kappa shape index (κ3) is 14.7. The van der Waals surface area contributed by atoms with E-state index in [-0.39, 0.29) is 5.78 Å². The van der Waals surface area contributed by atoms with Gasteiger partial charge in [-0.3, -0.25) is 9.69 Å². The molecule has 2 heterocycles. The predicted molar refractivity (Wildman–Crippen MR) is 162 cm³/mol. The SMILES string of the molecule is CC.CC.CC.CC.CC(=O)CCN1CCN(c2ccccc2)CC1.Cc1ccc2sccc2c1. The second-order valence-corrected chi connectivity index (χ2v) is 8.03. The van der Waals surface area contributed by atoms with Crippen LogP contribution in [0.1, 0.15) is 74.3 Å². The molecule has 3 nitrogen and oxygen atoms in total. The van der Waals surface area contributed by atoms with Gasteiger partial charge in [0.1, 0.15) is 5.78 Å². The Morgan fingerprint density at radius 1 is 0.800 bits per heavy atom. The minimum Gasteiger partial charge on any atom is -0.369 e. The summed E-state index contributed by atoms with van der Waals surface area (Å²) in [7, 11) is 0. The van der Waals surface area contributed by atoms with Gasteiger partial charge in [0.05, 0.1) is 0 Å². The molecule has 0 spiro atoms. The number of thiophene rings is 1. The summed E-state index contributed by atoms with van der Waals surface area (Å²) in [6.07, 6.45) is 0.686. The van der Waals surface area contributed by atoms with E-state index in [0.717, 1.165) is 32.7 Å². The number of nitrogens with zero attached hydrogens (tertiary/aromatic N) is 2. The quantitative estimate of drug-likeness (QED) is 0.357. The highest BCUT2D eigenvalue weighted by Gasteiger charge is 2.16. The molecule has 0 atom stereocenters. The lowest BCUT2D eigenvalue weighted by Gasteiger charge is -2.36. The number of aryl methyl sites for hydroxylation is 1. The third-order valence-corrected chi connectivity index (χ3v) is 5.78. The molecule has 1 aromatic heterocycles. The monoisotopic (exact) mass is 500 g/mol. The van der Waals surface area contributed by atoms with Gasteiger partial charge in [-0.1, -0.05) is 91.3 Å². The molecule has 1 fully saturated rings. The molecule has 0 unspecified atom stereocenters. The van der Waals surface area contributed by atoms with Gasteiger partial charge in [0.15, 0.2) is 0 Å². The van der Waals surface area contributed by atoms with Gasteiger partial charge >= 0.3 is 0 Å². The molecular formula is C31H52N2OS. The number of ketones is 1. The van der Waals surface area contributed by atoms with Gasteiger partial charge < -0.3 is 4.90 Å². The van der Waals surface area contributed by atoms with E-state index >= 15 is 0 Å². The van der Waals surface area contributed by atoms with Gasteiger partial charge in [-0.2, -0.15) is 0 Å². The molecule has 1 aliphatic heterocycles. The lowest BCUT2D eigenvalue weighted by atomic mass is 10.2. The van der Waals surface area contributed by atoms with E-state index in [1.54, 1.807) is 18.3 Å². The first-order valence-corrected chi connectivity index (χ1v) is 14.5. The van der Waals surface area contributed by atoms with E-state index in [4.69, 9.17) is 0 Å². The Morgan fingerprint density at radius 2 is 1.37 bits per heavy atom. The van der Waals surface area contributed by atoms with Crippen LogP contribution in [-0.2, 0) is 4.79 Å². The molecular weight excluding hydrogens is 448 g/mol. The molecule has 1 aliphatic rings. The first-order chi connectivity index (χ1) is 17.1. The van der Waals surface area contributed by atoms with Crippen LogP contribution in [0.5, 0.6) is 0 Å². The summed E-state index contributed by atoms with van der Waals surface area (Å²) in [5.74, 6) is 0.287. The molecule has 3 aromatic rings. The number of hydrogen-bond donors (Lipinski definition) is 0. The maximum atomic E-state index is 10.9. The summed E-state index contributed by atoms with van der Waals surface area (Å²) in [6, 6.07) is 19.2. The lowest BCUT2D eigenvalue weighted by Crippen LogP contribution is -2.46. The summed E-state index contributed by atoms with van der Waals surface area (Å²) < 4.78 is 1.38. The molecule has 0 radical (unpaired) electrons. The van der Waals surface area contributed by atoms with E-state index in [2.05, 4.69) is 70.6 Å². The molecule has 0 amide bonds. The van der Waals surface area contributed by atoms with E-state index in [1.807, 2.05) is 61.5 Å². The van der Waals surface area contributed by atoms with Crippen LogP contribution < -0.4 is 4.90 Å². The number of anilines is 1. The molecule has 198 valence electrons. The van der Waals surface area contributed by atoms with Crippen LogP contribution in [0.4, 0.5) is 5.69 Å². The Kier molecular flexibility index (Phi) is 23.6. The smallest absolute Gasteiger partial charge is 0.131 e. The topological polar surface area (TPSA) is 23.6 Å². The molecule has 0 bridgehead atoms. The van der Waals surface area contributed by atoms with Crippen molar-refractivity contribution in [2.45, 2.75) is 75.7 Å². The zero-order chi connectivity index (χ0) is 27.1. The van der Waals surface area contributed by atoms with E-state index in [0.29, 0.717) is 6.42 Å². The number of para-hydroxylation sites is 1. The van der Waals surface area contributed by atoms with Crippen molar-refractivity contribution >= 4 is 32.9 Å². The molecule has 2 aromatic carbocycles. The fraction of sp³-hybridized carbons (Fsp3) is 0.516. The second kappa shape index (κ2) is 23.6. The number of benzene rings is 2. The first-order valence-electron chi connectivity index (χ1n) is 13.6. The van der Waals surface area contributed by atoms with Gasteiger partial charge in [0.2, 0.25) is 0 Å². The number of carbonyl (C=O) groups is 1. The van der Waals surface area contributed by atoms with Crippen molar-refractivity contribution in [1.82, 2.24) is 4.90 Å². The maximum Gasteiger partial charge on any atom is 0.131 e. The van der Waals surface area contributed by atoms with E-state index < -0.39 is 0 Å². The average molecular weight is 501 g/mol.